The highest BCUT2D eigenvalue weighted by Gasteiger charge is 2.32. The van der Waals surface area contributed by atoms with E-state index in [1.807, 2.05) is 0 Å². The summed E-state index contributed by atoms with van der Waals surface area (Å²) >= 11 is 0. The molecule has 0 radical (unpaired) electrons. The molecule has 0 aromatic carbocycles. The van der Waals surface area contributed by atoms with Crippen LogP contribution in [0.15, 0.2) is 25.0 Å². The van der Waals surface area contributed by atoms with E-state index in [1.54, 1.807) is 0 Å². The molecular weight excluding hydrogens is 486 g/mol. The van der Waals surface area contributed by atoms with E-state index in [2.05, 4.69) is 35.9 Å². The number of imidazole rings is 2. The Bertz CT molecular complexity index is 996. The Labute approximate surface area is 213 Å². The third kappa shape index (κ3) is 9.63. The molecule has 0 bridgehead atoms. The summed E-state index contributed by atoms with van der Waals surface area (Å²) in [5, 5.41) is 27.0. The van der Waals surface area contributed by atoms with E-state index >= 15 is 0 Å². The number of amides is 3. The molecule has 2 aromatic heterocycles. The molecule has 2 rings (SSSR count). The molecule has 3 amide bonds. The number of nitrogens with zero attached hydrogens (tertiary/aromatic N) is 2. The van der Waals surface area contributed by atoms with Crippen molar-refractivity contribution in [3.63, 3.8) is 0 Å². The fraction of sp³-hybridized carbons (Fsp3) is 0.545. The van der Waals surface area contributed by atoms with Crippen LogP contribution < -0.4 is 27.4 Å². The predicted molar refractivity (Wildman–Crippen MR) is 131 cm³/mol. The van der Waals surface area contributed by atoms with Crippen LogP contribution in [0, 0.1) is 0 Å². The molecule has 2 aromatic rings. The number of aromatic nitrogens is 4. The van der Waals surface area contributed by atoms with Crippen LogP contribution in [0.4, 0.5) is 0 Å². The summed E-state index contributed by atoms with van der Waals surface area (Å²) in [6.45, 7) is 1.66. The Hall–Kier alpha value is -3.82. The van der Waals surface area contributed by atoms with Gasteiger partial charge in [0.05, 0.1) is 24.8 Å². The van der Waals surface area contributed by atoms with Gasteiger partial charge in [0, 0.05) is 36.6 Å². The van der Waals surface area contributed by atoms with E-state index in [9.17, 15) is 29.4 Å². The molecule has 0 fully saturated rings. The first-order chi connectivity index (χ1) is 17.6. The molecule has 5 atom stereocenters. The predicted octanol–water partition coefficient (Wildman–Crippen LogP) is -2.71. The maximum Gasteiger partial charge on any atom is 0.326 e. The van der Waals surface area contributed by atoms with Crippen LogP contribution >= 0.6 is 0 Å². The molecule has 5 unspecified atom stereocenters. The zero-order valence-electron chi connectivity index (χ0n) is 20.5. The molecule has 2 heterocycles. The van der Waals surface area contributed by atoms with E-state index in [4.69, 9.17) is 11.5 Å². The largest absolute Gasteiger partial charge is 0.480 e. The molecule has 15 heteroatoms. The van der Waals surface area contributed by atoms with E-state index in [0.29, 0.717) is 30.8 Å². The van der Waals surface area contributed by atoms with Gasteiger partial charge in [0.25, 0.3) is 0 Å². The third-order valence-electron chi connectivity index (χ3n) is 5.57. The summed E-state index contributed by atoms with van der Waals surface area (Å²) in [4.78, 5) is 63.5. The van der Waals surface area contributed by atoms with Gasteiger partial charge in [-0.15, -0.1) is 0 Å². The standard InChI is InChI=1S/C22H35N9O6/c1-12(32)18(21(35)30-17(22(36)37)7-14-9-26-11-28-14)31-20(34)16(4-2-3-5-23)29-19(33)15(24)6-13-8-25-10-27-13/h8-12,15-18,32H,2-7,23-24H2,1H3,(H,25,27)(H,26,28)(H,29,33)(H,30,35)(H,31,34)(H,36,37). The van der Waals surface area contributed by atoms with Gasteiger partial charge in [0.2, 0.25) is 17.7 Å². The van der Waals surface area contributed by atoms with Gasteiger partial charge in [-0.1, -0.05) is 0 Å². The van der Waals surface area contributed by atoms with Gasteiger partial charge in [-0.2, -0.15) is 0 Å². The third-order valence-corrected chi connectivity index (χ3v) is 5.57. The van der Waals surface area contributed by atoms with Crippen LogP contribution in [-0.4, -0.2) is 90.7 Å². The number of unbranched alkanes of at least 4 members (excludes halogenated alkanes) is 1. The van der Waals surface area contributed by atoms with Crippen LogP contribution in [0.3, 0.4) is 0 Å². The average molecular weight is 522 g/mol. The van der Waals surface area contributed by atoms with Crippen LogP contribution in [0.25, 0.3) is 0 Å². The van der Waals surface area contributed by atoms with Crippen molar-refractivity contribution in [1.29, 1.82) is 0 Å². The van der Waals surface area contributed by atoms with E-state index in [0.717, 1.165) is 0 Å². The zero-order valence-corrected chi connectivity index (χ0v) is 20.5. The number of nitrogens with two attached hydrogens (primary N) is 2. The Morgan fingerprint density at radius 2 is 1.51 bits per heavy atom. The lowest BCUT2D eigenvalue weighted by Crippen LogP contribution is -2.60. The average Bonchev–Trinajstić information content (AvgIpc) is 3.55. The van der Waals surface area contributed by atoms with E-state index in [1.165, 1.54) is 32.0 Å². The minimum atomic E-state index is -1.48. The van der Waals surface area contributed by atoms with Gasteiger partial charge in [-0.05, 0) is 32.7 Å². The van der Waals surface area contributed by atoms with Gasteiger partial charge in [-0.25, -0.2) is 14.8 Å². The van der Waals surface area contributed by atoms with Gasteiger partial charge >= 0.3 is 5.97 Å². The number of hydrogen-bond acceptors (Lipinski definition) is 9. The SMILES string of the molecule is CC(O)C(NC(=O)C(CCCCN)NC(=O)C(N)Cc1cnc[nH]1)C(=O)NC(Cc1cnc[nH]1)C(=O)O. The maximum atomic E-state index is 13.1. The first-order valence-electron chi connectivity index (χ1n) is 11.8. The minimum Gasteiger partial charge on any atom is -0.480 e. The molecule has 37 heavy (non-hydrogen) atoms. The van der Waals surface area contributed by atoms with Crippen LogP contribution in [-0.2, 0) is 32.0 Å². The lowest BCUT2D eigenvalue weighted by Gasteiger charge is -2.26. The van der Waals surface area contributed by atoms with E-state index in [-0.39, 0.29) is 19.3 Å². The Balaban J connectivity index is 2.07. The van der Waals surface area contributed by atoms with Crippen LogP contribution in [0.2, 0.25) is 0 Å². The second-order valence-corrected chi connectivity index (χ2v) is 8.64. The smallest absolute Gasteiger partial charge is 0.326 e. The molecule has 0 aliphatic carbocycles. The minimum absolute atomic E-state index is 0.0897. The first-order valence-corrected chi connectivity index (χ1v) is 11.8. The van der Waals surface area contributed by atoms with E-state index < -0.39 is 54.0 Å². The summed E-state index contributed by atoms with van der Waals surface area (Å²) < 4.78 is 0. The molecule has 0 saturated heterocycles. The van der Waals surface area contributed by atoms with Crippen molar-refractivity contribution in [2.75, 3.05) is 6.54 Å². The monoisotopic (exact) mass is 521 g/mol. The number of aliphatic hydroxyl groups is 1. The van der Waals surface area contributed by atoms with Crippen molar-refractivity contribution < 1.29 is 29.4 Å². The van der Waals surface area contributed by atoms with Gasteiger partial charge in [0.15, 0.2) is 0 Å². The number of carboxylic acids is 1. The fourth-order valence-corrected chi connectivity index (χ4v) is 3.50. The second kappa shape index (κ2) is 14.7. The summed E-state index contributed by atoms with van der Waals surface area (Å²) in [6.07, 6.45) is 5.77. The second-order valence-electron chi connectivity index (χ2n) is 8.64. The van der Waals surface area contributed by atoms with Crippen molar-refractivity contribution in [3.8, 4) is 0 Å². The maximum absolute atomic E-state index is 13.1. The Morgan fingerprint density at radius 3 is 2.03 bits per heavy atom. The van der Waals surface area contributed by atoms with Crippen molar-refractivity contribution in [3.05, 3.63) is 36.4 Å². The van der Waals surface area contributed by atoms with Crippen molar-refractivity contribution in [2.24, 2.45) is 11.5 Å². The quantitative estimate of drug-likeness (QED) is 0.103. The van der Waals surface area contributed by atoms with Crippen LogP contribution in [0.1, 0.15) is 37.6 Å². The summed E-state index contributed by atoms with van der Waals surface area (Å²) in [7, 11) is 0. The summed E-state index contributed by atoms with van der Waals surface area (Å²) in [5.74, 6) is -3.54. The normalized spacial score (nSPS) is 15.1. The van der Waals surface area contributed by atoms with Crippen LogP contribution in [0.5, 0.6) is 0 Å². The van der Waals surface area contributed by atoms with Gasteiger partial charge in [-0.3, -0.25) is 14.4 Å². The number of carboxylic acid groups (broad SMARTS) is 1. The fourth-order valence-electron chi connectivity index (χ4n) is 3.50. The topological polar surface area (TPSA) is 254 Å². The molecule has 11 N–H and O–H groups in total. The van der Waals surface area contributed by atoms with Crippen molar-refractivity contribution >= 4 is 23.7 Å². The number of nitrogens with one attached hydrogen (secondary N) is 5. The Kier molecular flexibility index (Phi) is 11.7. The van der Waals surface area contributed by atoms with Gasteiger partial charge < -0.3 is 47.6 Å². The number of carbonyl (C=O) groups excluding carboxylic acids is 3. The number of H-pyrrole nitrogens is 2. The van der Waals surface area contributed by atoms with Crippen molar-refractivity contribution in [1.82, 2.24) is 35.9 Å². The lowest BCUT2D eigenvalue weighted by atomic mass is 10.0. The molecule has 204 valence electrons. The number of aliphatic carboxylic acids is 1. The lowest BCUT2D eigenvalue weighted by molar-refractivity contribution is -0.143. The zero-order chi connectivity index (χ0) is 27.4. The summed E-state index contributed by atoms with van der Waals surface area (Å²) in [6, 6.07) is -4.86. The molecular formula is C22H35N9O6. The van der Waals surface area contributed by atoms with Crippen molar-refractivity contribution in [2.45, 2.75) is 69.3 Å². The number of aliphatic hydroxyl groups excluding tert-OH is 1. The number of hydrogen-bond donors (Lipinski definition) is 9. The highest BCUT2D eigenvalue weighted by molar-refractivity contribution is 5.94. The highest BCUT2D eigenvalue weighted by Crippen LogP contribution is 2.06. The molecule has 15 nitrogen and oxygen atoms in total. The first kappa shape index (κ1) is 29.4. The number of rotatable bonds is 16. The Morgan fingerprint density at radius 1 is 0.919 bits per heavy atom. The molecule has 0 aliphatic rings. The number of carbonyl (C=O) groups is 4. The molecule has 0 aliphatic heterocycles. The summed E-state index contributed by atoms with van der Waals surface area (Å²) in [5.41, 5.74) is 12.6. The van der Waals surface area contributed by atoms with Gasteiger partial charge in [0.1, 0.15) is 18.1 Å². The number of aromatic amines is 2. The molecule has 0 spiro atoms. The highest BCUT2D eigenvalue weighted by atomic mass is 16.4. The molecule has 0 saturated carbocycles.